The average Bonchev–Trinajstić information content (AvgIpc) is 3.22. The van der Waals surface area contributed by atoms with Crippen molar-refractivity contribution in [2.24, 2.45) is 11.0 Å². The van der Waals surface area contributed by atoms with E-state index in [1.807, 2.05) is 36.1 Å². The van der Waals surface area contributed by atoms with Crippen LogP contribution >= 0.6 is 0 Å². The molecule has 1 atom stereocenters. The maximum absolute atomic E-state index is 13.9. The maximum atomic E-state index is 13.9. The van der Waals surface area contributed by atoms with Crippen LogP contribution in [0.25, 0.3) is 11.3 Å². The lowest BCUT2D eigenvalue weighted by molar-refractivity contribution is 0.0726. The number of carbonyl (C=O) groups excluding carboxylic acids is 1. The van der Waals surface area contributed by atoms with Gasteiger partial charge in [-0.3, -0.25) is 20.2 Å². The number of hydrazone groups is 1. The topological polar surface area (TPSA) is 91.1 Å². The van der Waals surface area contributed by atoms with E-state index in [4.69, 9.17) is 14.9 Å². The number of hydrogen-bond donors (Lipinski definition) is 1. The first-order valence-electron chi connectivity index (χ1n) is 12.4. The zero-order valence-corrected chi connectivity index (χ0v) is 21.9. The van der Waals surface area contributed by atoms with E-state index >= 15 is 0 Å². The molecule has 0 saturated carbocycles. The largest absolute Gasteiger partial charge is 0.497 e. The van der Waals surface area contributed by atoms with Gasteiger partial charge in [0.1, 0.15) is 23.2 Å². The first-order valence-corrected chi connectivity index (χ1v) is 12.4. The number of nitrogens with zero attached hydrogens (tertiary/aromatic N) is 4. The van der Waals surface area contributed by atoms with Crippen LogP contribution in [-0.2, 0) is 19.4 Å². The average molecular weight is 516 g/mol. The number of hydrogen-bond acceptors (Lipinski definition) is 6. The molecule has 5 rings (SSSR count). The molecular formula is C29H30FN5O3. The molecule has 1 N–H and O–H groups in total. The summed E-state index contributed by atoms with van der Waals surface area (Å²) in [6.45, 7) is 2.76. The highest BCUT2D eigenvalue weighted by Crippen LogP contribution is 2.34. The Balaban J connectivity index is 1.54. The Morgan fingerprint density at radius 2 is 1.76 bits per heavy atom. The number of methoxy groups -OCH3 is 2. The van der Waals surface area contributed by atoms with Gasteiger partial charge in [0.25, 0.3) is 5.91 Å². The zero-order chi connectivity index (χ0) is 27.0. The number of fused-ring (bicyclic) bond motifs is 1. The summed E-state index contributed by atoms with van der Waals surface area (Å²) in [5, 5.41) is 14.1. The number of pyridine rings is 1. The Kier molecular flexibility index (Phi) is 6.84. The van der Waals surface area contributed by atoms with Crippen LogP contribution in [0.4, 0.5) is 4.39 Å². The predicted molar refractivity (Wildman–Crippen MR) is 144 cm³/mol. The molecule has 2 aliphatic rings. The smallest absolute Gasteiger partial charge is 0.254 e. The Bertz CT molecular complexity index is 1430. The third kappa shape index (κ3) is 4.83. The van der Waals surface area contributed by atoms with Crippen LogP contribution in [0.2, 0.25) is 0 Å². The third-order valence-corrected chi connectivity index (χ3v) is 7.12. The van der Waals surface area contributed by atoms with Gasteiger partial charge < -0.3 is 14.4 Å². The van der Waals surface area contributed by atoms with E-state index in [-0.39, 0.29) is 11.8 Å². The van der Waals surface area contributed by atoms with Gasteiger partial charge in [-0.05, 0) is 72.4 Å². The van der Waals surface area contributed by atoms with Crippen molar-refractivity contribution < 1.29 is 18.7 Å². The van der Waals surface area contributed by atoms with Gasteiger partial charge in [0.05, 0.1) is 32.0 Å². The van der Waals surface area contributed by atoms with Crippen LogP contribution in [0.5, 0.6) is 11.5 Å². The molecule has 8 nitrogen and oxygen atoms in total. The summed E-state index contributed by atoms with van der Waals surface area (Å²) >= 11 is 0. The van der Waals surface area contributed by atoms with E-state index in [2.05, 4.69) is 10.1 Å². The quantitative estimate of drug-likeness (QED) is 0.501. The van der Waals surface area contributed by atoms with Gasteiger partial charge in [-0.25, -0.2) is 4.39 Å². The van der Waals surface area contributed by atoms with Gasteiger partial charge in [0.2, 0.25) is 0 Å². The lowest BCUT2D eigenvalue weighted by Crippen LogP contribution is -2.37. The molecule has 1 aromatic heterocycles. The Morgan fingerprint density at radius 3 is 2.39 bits per heavy atom. The van der Waals surface area contributed by atoms with Gasteiger partial charge in [0.15, 0.2) is 0 Å². The Morgan fingerprint density at radius 1 is 1.05 bits per heavy atom. The van der Waals surface area contributed by atoms with Crippen LogP contribution in [0, 0.1) is 24.1 Å². The molecule has 0 spiro atoms. The number of nitrogens with one attached hydrogen (secondary N) is 1. The molecule has 1 amide bonds. The van der Waals surface area contributed by atoms with Crippen LogP contribution in [0.15, 0.2) is 47.7 Å². The number of aryl methyl sites for hydroxylation is 1. The van der Waals surface area contributed by atoms with Crippen LogP contribution < -0.4 is 9.47 Å². The number of rotatable bonds is 7. The summed E-state index contributed by atoms with van der Waals surface area (Å²) in [5.74, 6) is 1.07. The standard InChI is InChI=1S/C29H30FN5O3/c1-17-7-21(30)15-32-27(17)25-11-18(8-20-14-33-34(2)28(20)31)12-26-24(25)5-6-35(29(26)36)16-19-9-22(37-3)13-23(10-19)38-4/h7,9-15,20,31H,5-6,8,16H2,1-4H3. The SMILES string of the molecule is COc1cc(CN2CCc3c(cc(CC4C=NN(C)C4=N)cc3-c3ncc(F)cc3C)C2=O)cc(OC)c1. The number of amides is 1. The van der Waals surface area contributed by atoms with Gasteiger partial charge in [-0.15, -0.1) is 0 Å². The molecule has 2 aromatic carbocycles. The molecular weight excluding hydrogens is 485 g/mol. The summed E-state index contributed by atoms with van der Waals surface area (Å²) < 4.78 is 24.7. The minimum Gasteiger partial charge on any atom is -0.497 e. The first-order chi connectivity index (χ1) is 18.3. The zero-order valence-electron chi connectivity index (χ0n) is 21.9. The van der Waals surface area contributed by atoms with Gasteiger partial charge in [0, 0.05) is 43.5 Å². The van der Waals surface area contributed by atoms with E-state index in [1.54, 1.807) is 38.6 Å². The normalized spacial score (nSPS) is 16.7. The van der Waals surface area contributed by atoms with Crippen molar-refractivity contribution in [3.63, 3.8) is 0 Å². The number of ether oxygens (including phenoxy) is 2. The Hall–Kier alpha value is -4.27. The van der Waals surface area contributed by atoms with E-state index in [1.165, 1.54) is 12.3 Å². The maximum Gasteiger partial charge on any atom is 0.254 e. The molecule has 0 radical (unpaired) electrons. The summed E-state index contributed by atoms with van der Waals surface area (Å²) in [6, 6.07) is 11.0. The molecule has 3 heterocycles. The summed E-state index contributed by atoms with van der Waals surface area (Å²) in [7, 11) is 4.95. The third-order valence-electron chi connectivity index (χ3n) is 7.12. The second-order valence-corrected chi connectivity index (χ2v) is 9.67. The van der Waals surface area contributed by atoms with Crippen molar-refractivity contribution in [1.82, 2.24) is 14.9 Å². The second kappa shape index (κ2) is 10.2. The van der Waals surface area contributed by atoms with E-state index < -0.39 is 5.82 Å². The van der Waals surface area contributed by atoms with E-state index in [9.17, 15) is 9.18 Å². The molecule has 0 fully saturated rings. The van der Waals surface area contributed by atoms with Gasteiger partial charge in [-0.2, -0.15) is 5.10 Å². The number of halogens is 1. The van der Waals surface area contributed by atoms with Crippen molar-refractivity contribution in [3.05, 3.63) is 76.2 Å². The predicted octanol–water partition coefficient (Wildman–Crippen LogP) is 4.48. The molecule has 196 valence electrons. The van der Waals surface area contributed by atoms with Crippen LogP contribution in [0.1, 0.15) is 32.6 Å². The van der Waals surface area contributed by atoms with Crippen LogP contribution in [0.3, 0.4) is 0 Å². The molecule has 0 saturated heterocycles. The van der Waals surface area contributed by atoms with E-state index in [0.29, 0.717) is 60.1 Å². The highest BCUT2D eigenvalue weighted by atomic mass is 19.1. The van der Waals surface area contributed by atoms with Crippen molar-refractivity contribution in [2.75, 3.05) is 27.8 Å². The number of carbonyl (C=O) groups is 1. The molecule has 0 bridgehead atoms. The minimum atomic E-state index is -0.397. The monoisotopic (exact) mass is 515 g/mol. The Labute approximate surface area is 221 Å². The number of amidine groups is 1. The molecule has 3 aromatic rings. The fourth-order valence-electron chi connectivity index (χ4n) is 5.15. The first kappa shape index (κ1) is 25.4. The molecule has 38 heavy (non-hydrogen) atoms. The summed E-state index contributed by atoms with van der Waals surface area (Å²) in [4.78, 5) is 20.1. The lowest BCUT2D eigenvalue weighted by Gasteiger charge is -2.31. The molecule has 9 heteroatoms. The van der Waals surface area contributed by atoms with Crippen molar-refractivity contribution >= 4 is 18.0 Å². The summed E-state index contributed by atoms with van der Waals surface area (Å²) in [6.07, 6.45) is 4.13. The number of benzene rings is 2. The van der Waals surface area contributed by atoms with Crippen molar-refractivity contribution in [3.8, 4) is 22.8 Å². The highest BCUT2D eigenvalue weighted by Gasteiger charge is 2.30. The number of aromatic nitrogens is 1. The van der Waals surface area contributed by atoms with Gasteiger partial charge in [-0.1, -0.05) is 0 Å². The lowest BCUT2D eigenvalue weighted by atomic mass is 9.86. The fraction of sp³-hybridized carbons (Fsp3) is 0.310. The van der Waals surface area contributed by atoms with Crippen molar-refractivity contribution in [2.45, 2.75) is 26.3 Å². The minimum absolute atomic E-state index is 0.0804. The molecule has 2 aliphatic heterocycles. The molecule has 0 aliphatic carbocycles. The highest BCUT2D eigenvalue weighted by molar-refractivity contribution is 6.00. The van der Waals surface area contributed by atoms with Crippen molar-refractivity contribution in [1.29, 1.82) is 5.41 Å². The fourth-order valence-corrected chi connectivity index (χ4v) is 5.15. The second-order valence-electron chi connectivity index (χ2n) is 9.67. The van der Waals surface area contributed by atoms with Gasteiger partial charge >= 0.3 is 0 Å². The summed E-state index contributed by atoms with van der Waals surface area (Å²) in [5.41, 5.74) is 5.53. The molecule has 1 unspecified atom stereocenters. The van der Waals surface area contributed by atoms with Crippen LogP contribution in [-0.4, -0.2) is 60.7 Å². The van der Waals surface area contributed by atoms with E-state index in [0.717, 1.165) is 22.3 Å².